The van der Waals surface area contributed by atoms with Gasteiger partial charge in [0.15, 0.2) is 0 Å². The Morgan fingerprint density at radius 1 is 1.30 bits per heavy atom. The average molecular weight is 504 g/mol. The molecule has 0 saturated carbocycles. The van der Waals surface area contributed by atoms with Crippen LogP contribution < -0.4 is 11.1 Å². The summed E-state index contributed by atoms with van der Waals surface area (Å²) >= 11 is 0. The highest BCUT2D eigenvalue weighted by atomic mass is 16.3. The molecule has 1 aliphatic heterocycles. The van der Waals surface area contributed by atoms with Gasteiger partial charge in [-0.2, -0.15) is 0 Å². The van der Waals surface area contributed by atoms with E-state index in [2.05, 4.69) is 34.3 Å². The number of phenols is 1. The maximum Gasteiger partial charge on any atom is 0.220 e. The molecule has 1 atom stereocenters. The van der Waals surface area contributed by atoms with E-state index in [0.29, 0.717) is 31.6 Å². The molecule has 1 aliphatic carbocycles. The first-order valence-corrected chi connectivity index (χ1v) is 13.3. The van der Waals surface area contributed by atoms with Crippen LogP contribution in [0, 0.1) is 5.92 Å². The van der Waals surface area contributed by atoms with Crippen LogP contribution in [-0.4, -0.2) is 47.6 Å². The van der Waals surface area contributed by atoms with Crippen LogP contribution in [0.2, 0.25) is 0 Å². The third kappa shape index (κ3) is 9.08. The lowest BCUT2D eigenvalue weighted by Gasteiger charge is -2.36. The van der Waals surface area contributed by atoms with Gasteiger partial charge in [-0.05, 0) is 50.7 Å². The van der Waals surface area contributed by atoms with E-state index in [1.807, 2.05) is 43.5 Å². The van der Waals surface area contributed by atoms with Crippen molar-refractivity contribution in [3.63, 3.8) is 0 Å². The highest BCUT2D eigenvalue weighted by Crippen LogP contribution is 2.26. The summed E-state index contributed by atoms with van der Waals surface area (Å²) in [5, 5.41) is 13.3. The zero-order valence-electron chi connectivity index (χ0n) is 22.2. The fraction of sp³-hybridized carbons (Fsp3) is 0.433. The van der Waals surface area contributed by atoms with Gasteiger partial charge in [0.25, 0.3) is 0 Å². The molecule has 1 aromatic rings. The molecule has 0 radical (unpaired) electrons. The van der Waals surface area contributed by atoms with Crippen molar-refractivity contribution in [1.82, 2.24) is 10.2 Å². The molecule has 198 valence electrons. The summed E-state index contributed by atoms with van der Waals surface area (Å²) in [7, 11) is 0. The van der Waals surface area contributed by atoms with E-state index >= 15 is 0 Å². The zero-order chi connectivity index (χ0) is 26.5. The number of carbonyl (C=O) groups excluding carboxylic acids is 1. The SMILES string of the molecule is CC/C=C\N=CCCNC(=O)CC1CCCN(C(=NCc2ccccc2O)C2=CCC=C(C)C=C2N)C1. The molecule has 3 rings (SSSR count). The van der Waals surface area contributed by atoms with E-state index < -0.39 is 0 Å². The minimum Gasteiger partial charge on any atom is -0.508 e. The van der Waals surface area contributed by atoms with Crippen LogP contribution in [0.3, 0.4) is 0 Å². The number of aromatic hydroxyl groups is 1. The first kappa shape index (κ1) is 28.0. The van der Waals surface area contributed by atoms with Crippen molar-refractivity contribution < 1.29 is 9.90 Å². The Balaban J connectivity index is 1.68. The van der Waals surface area contributed by atoms with Crippen molar-refractivity contribution in [3.8, 4) is 5.75 Å². The summed E-state index contributed by atoms with van der Waals surface area (Å²) in [5.41, 5.74) is 10.0. The number of phenolic OH excluding ortho intramolecular Hbond substituents is 1. The number of piperidine rings is 1. The molecule has 1 fully saturated rings. The number of nitrogens with one attached hydrogen (secondary N) is 1. The Kier molecular flexibility index (Phi) is 11.2. The molecule has 0 bridgehead atoms. The Morgan fingerprint density at radius 2 is 2.14 bits per heavy atom. The number of hydrogen-bond acceptors (Lipinski definition) is 5. The second-order valence-electron chi connectivity index (χ2n) is 9.59. The minimum absolute atomic E-state index is 0.0740. The van der Waals surface area contributed by atoms with Gasteiger partial charge in [-0.25, -0.2) is 0 Å². The van der Waals surface area contributed by atoms with Gasteiger partial charge in [0.05, 0.1) is 6.54 Å². The monoisotopic (exact) mass is 503 g/mol. The van der Waals surface area contributed by atoms with Gasteiger partial charge < -0.3 is 21.1 Å². The fourth-order valence-corrected chi connectivity index (χ4v) is 4.58. The lowest BCUT2D eigenvalue weighted by Crippen LogP contribution is -2.43. The van der Waals surface area contributed by atoms with E-state index in [4.69, 9.17) is 10.7 Å². The van der Waals surface area contributed by atoms with Gasteiger partial charge in [-0.1, -0.05) is 48.9 Å². The van der Waals surface area contributed by atoms with Gasteiger partial charge >= 0.3 is 0 Å². The number of aliphatic imine (C=N–C) groups is 2. The topological polar surface area (TPSA) is 103 Å². The predicted molar refractivity (Wildman–Crippen MR) is 152 cm³/mol. The third-order valence-corrected chi connectivity index (χ3v) is 6.51. The maximum absolute atomic E-state index is 12.6. The van der Waals surface area contributed by atoms with Crippen LogP contribution in [-0.2, 0) is 11.3 Å². The molecule has 7 heteroatoms. The van der Waals surface area contributed by atoms with Crippen LogP contribution in [0.4, 0.5) is 0 Å². The van der Waals surface area contributed by atoms with Crippen LogP contribution in [0.25, 0.3) is 0 Å². The van der Waals surface area contributed by atoms with Crippen LogP contribution in [0.5, 0.6) is 5.75 Å². The summed E-state index contributed by atoms with van der Waals surface area (Å²) in [5.74, 6) is 1.38. The summed E-state index contributed by atoms with van der Waals surface area (Å²) in [6, 6.07) is 7.28. The number of para-hydroxylation sites is 1. The highest BCUT2D eigenvalue weighted by molar-refractivity contribution is 6.02. The Labute approximate surface area is 221 Å². The molecule has 7 nitrogen and oxygen atoms in total. The molecular formula is C30H41N5O2. The fourth-order valence-electron chi connectivity index (χ4n) is 4.58. The van der Waals surface area contributed by atoms with Crippen LogP contribution >= 0.6 is 0 Å². The predicted octanol–water partition coefficient (Wildman–Crippen LogP) is 5.01. The molecule has 4 N–H and O–H groups in total. The van der Waals surface area contributed by atoms with Gasteiger partial charge in [-0.3, -0.25) is 14.8 Å². The van der Waals surface area contributed by atoms with Crippen molar-refractivity contribution in [3.05, 3.63) is 77.2 Å². The van der Waals surface area contributed by atoms with E-state index in [0.717, 1.165) is 61.3 Å². The van der Waals surface area contributed by atoms with Crippen molar-refractivity contribution in [1.29, 1.82) is 0 Å². The molecule has 0 aromatic heterocycles. The van der Waals surface area contributed by atoms with Crippen molar-refractivity contribution >= 4 is 18.0 Å². The molecule has 1 amide bonds. The largest absolute Gasteiger partial charge is 0.508 e. The Bertz CT molecular complexity index is 1100. The van der Waals surface area contributed by atoms with E-state index in [1.165, 1.54) is 0 Å². The third-order valence-electron chi connectivity index (χ3n) is 6.51. The number of hydrogen-bond donors (Lipinski definition) is 3. The van der Waals surface area contributed by atoms with E-state index in [-0.39, 0.29) is 17.6 Å². The molecule has 1 aromatic carbocycles. The zero-order valence-corrected chi connectivity index (χ0v) is 22.2. The Hall–Kier alpha value is -3.61. The van der Waals surface area contributed by atoms with Crippen molar-refractivity contribution in [2.45, 2.75) is 58.9 Å². The number of benzene rings is 1. The lowest BCUT2D eigenvalue weighted by molar-refractivity contribution is -0.122. The van der Waals surface area contributed by atoms with E-state index in [1.54, 1.807) is 12.3 Å². The van der Waals surface area contributed by atoms with Crippen LogP contribution in [0.1, 0.15) is 57.9 Å². The van der Waals surface area contributed by atoms with Crippen molar-refractivity contribution in [2.24, 2.45) is 21.6 Å². The van der Waals surface area contributed by atoms with Crippen LogP contribution in [0.15, 0.2) is 81.6 Å². The standard InChI is InChI=1S/C30H41N5O2/c1-3-4-15-32-16-9-17-33-29(37)20-24-11-8-18-35(22-24)30(26-13-7-10-23(2)19-27(26)31)34-21-25-12-5-6-14-28(25)36/h4-6,10,12-16,19,24,36H,3,7-9,11,17-18,20-22,31H2,1-2H3,(H,33,37)/b15-4-,32-16?,34-30?. The molecule has 2 aliphatic rings. The van der Waals surface area contributed by atoms with Gasteiger partial charge in [-0.15, -0.1) is 0 Å². The first-order valence-electron chi connectivity index (χ1n) is 13.3. The second kappa shape index (κ2) is 14.8. The number of amides is 1. The van der Waals surface area contributed by atoms with Gasteiger partial charge in [0, 0.05) is 61.7 Å². The number of allylic oxidation sites excluding steroid dienone is 5. The lowest BCUT2D eigenvalue weighted by atomic mass is 9.93. The first-order chi connectivity index (χ1) is 18.0. The maximum atomic E-state index is 12.6. The molecule has 1 unspecified atom stereocenters. The molecule has 37 heavy (non-hydrogen) atoms. The summed E-state index contributed by atoms with van der Waals surface area (Å²) in [6.45, 7) is 6.66. The molecule has 1 saturated heterocycles. The van der Waals surface area contributed by atoms with Gasteiger partial charge in [0.2, 0.25) is 5.91 Å². The summed E-state index contributed by atoms with van der Waals surface area (Å²) < 4.78 is 0. The average Bonchev–Trinajstić information content (AvgIpc) is 3.04. The number of carbonyl (C=O) groups is 1. The second-order valence-corrected chi connectivity index (χ2v) is 9.59. The smallest absolute Gasteiger partial charge is 0.220 e. The number of nitrogens with zero attached hydrogens (tertiary/aromatic N) is 3. The number of amidine groups is 1. The molecule has 1 heterocycles. The molecule has 0 spiro atoms. The summed E-state index contributed by atoms with van der Waals surface area (Å²) in [4.78, 5) is 24.0. The Morgan fingerprint density at radius 3 is 2.95 bits per heavy atom. The number of nitrogens with two attached hydrogens (primary N) is 1. The summed E-state index contributed by atoms with van der Waals surface area (Å²) in [6.07, 6.45) is 16.8. The quantitative estimate of drug-likeness (QED) is 0.237. The van der Waals surface area contributed by atoms with E-state index in [9.17, 15) is 9.90 Å². The molecular weight excluding hydrogens is 462 g/mol. The minimum atomic E-state index is 0.0740. The normalized spacial score (nSPS) is 19.0. The number of likely N-dealkylation sites (tertiary alicyclic amines) is 1. The highest BCUT2D eigenvalue weighted by Gasteiger charge is 2.27. The number of rotatable bonds is 10. The van der Waals surface area contributed by atoms with Crippen molar-refractivity contribution in [2.75, 3.05) is 19.6 Å². The van der Waals surface area contributed by atoms with Gasteiger partial charge in [0.1, 0.15) is 11.6 Å².